The molecule has 0 unspecified atom stereocenters. The molecule has 21 heavy (non-hydrogen) atoms. The lowest BCUT2D eigenvalue weighted by atomic mass is 10.8. The number of amidine groups is 1. The molecule has 0 aromatic heterocycles. The normalized spacial score (nSPS) is 12.1. The predicted octanol–water partition coefficient (Wildman–Crippen LogP) is 1.92. The van der Waals surface area contributed by atoms with E-state index in [1.54, 1.807) is 18.0 Å². The van der Waals surface area contributed by atoms with Crippen molar-refractivity contribution in [2.24, 2.45) is 15.7 Å². The van der Waals surface area contributed by atoms with Gasteiger partial charge in [0.2, 0.25) is 6.19 Å². The highest BCUT2D eigenvalue weighted by atomic mass is 35.5. The molecule has 0 radical (unpaired) electrons. The summed E-state index contributed by atoms with van der Waals surface area (Å²) in [6, 6.07) is 0. The Morgan fingerprint density at radius 1 is 1.67 bits per heavy atom. The lowest BCUT2D eigenvalue weighted by molar-refractivity contribution is 1.14. The summed E-state index contributed by atoms with van der Waals surface area (Å²) in [5.41, 5.74) is 4.90. The molecule has 3 N–H and O–H groups in total. The van der Waals surface area contributed by atoms with Gasteiger partial charge in [0.1, 0.15) is 0 Å². The van der Waals surface area contributed by atoms with Gasteiger partial charge in [0.15, 0.2) is 11.4 Å². The van der Waals surface area contributed by atoms with E-state index in [4.69, 9.17) is 27.9 Å². The minimum Gasteiger partial charge on any atom is -0.329 e. The number of aliphatic imine (C=N–C) groups is 2. The van der Waals surface area contributed by atoms with Gasteiger partial charge < -0.3 is 5.73 Å². The average molecular weight is 389 g/mol. The van der Waals surface area contributed by atoms with Gasteiger partial charge in [-0.3, -0.25) is 10.3 Å². The van der Waals surface area contributed by atoms with Crippen LogP contribution >= 0.6 is 60.2 Å². The van der Waals surface area contributed by atoms with E-state index in [1.165, 1.54) is 11.8 Å². The van der Waals surface area contributed by atoms with Crippen LogP contribution in [0.2, 0.25) is 0 Å². The second kappa shape index (κ2) is 22.0. The van der Waals surface area contributed by atoms with Crippen LogP contribution in [0.3, 0.4) is 0 Å². The number of nitrogens with zero attached hydrogens (tertiary/aromatic N) is 4. The molecule has 0 aromatic carbocycles. The van der Waals surface area contributed by atoms with Gasteiger partial charge in [0.05, 0.1) is 11.6 Å². The summed E-state index contributed by atoms with van der Waals surface area (Å²) >= 11 is 12.0. The molecular weight excluding hydrogens is 371 g/mol. The van der Waals surface area contributed by atoms with Crippen molar-refractivity contribution in [3.8, 4) is 12.4 Å². The molecule has 11 heteroatoms. The van der Waals surface area contributed by atoms with Gasteiger partial charge in [0, 0.05) is 23.9 Å². The largest absolute Gasteiger partial charge is 0.329 e. The van der Waals surface area contributed by atoms with Crippen molar-refractivity contribution in [3.05, 3.63) is 0 Å². The van der Waals surface area contributed by atoms with E-state index in [2.05, 4.69) is 27.9 Å². The van der Waals surface area contributed by atoms with Crippen molar-refractivity contribution in [2.75, 3.05) is 36.7 Å². The van der Waals surface area contributed by atoms with E-state index in [0.717, 1.165) is 22.5 Å². The molecule has 0 amide bonds. The average Bonchev–Trinajstić information content (AvgIpc) is 2.99. The molecule has 0 fully saturated rings. The monoisotopic (exact) mass is 388 g/mol. The Labute approximate surface area is 150 Å². The molecule has 1 rings (SSSR count). The smallest absolute Gasteiger partial charge is 0.206 e. The number of nitrogens with two attached hydrogens (primary N) is 1. The van der Waals surface area contributed by atoms with Crippen molar-refractivity contribution in [1.29, 1.82) is 10.5 Å². The third kappa shape index (κ3) is 19.7. The first-order chi connectivity index (χ1) is 9.69. The minimum atomic E-state index is 0. The Morgan fingerprint density at radius 3 is 2.52 bits per heavy atom. The van der Waals surface area contributed by atoms with Crippen LogP contribution in [-0.4, -0.2) is 46.9 Å². The van der Waals surface area contributed by atoms with E-state index in [-0.39, 0.29) is 12.4 Å². The SMILES string of the molecule is CSC(CS)=NC#N.Cl.N#CNC1=NCCS1.NCCCl. The standard InChI is InChI=1S/C4H5N3S.C4H6N2S2.C2H6ClN.ClH/c5-3-7-4-6-1-2-8-4;1-8-4(2-7)6-3-5;3-1-2-4;/h1-2H2,(H,6,7);7H,2H2,1H3;1-2,4H2;1H. The van der Waals surface area contributed by atoms with Gasteiger partial charge in [-0.25, -0.2) is 0 Å². The third-order valence-corrected chi connectivity index (χ3v) is 3.73. The fourth-order valence-electron chi connectivity index (χ4n) is 0.660. The highest BCUT2D eigenvalue weighted by Crippen LogP contribution is 2.07. The second-order valence-corrected chi connectivity index (χ2v) is 5.37. The van der Waals surface area contributed by atoms with Gasteiger partial charge in [-0.05, 0) is 6.26 Å². The number of halogens is 2. The quantitative estimate of drug-likeness (QED) is 0.166. The van der Waals surface area contributed by atoms with Crippen molar-refractivity contribution in [1.82, 2.24) is 5.32 Å². The zero-order valence-corrected chi connectivity index (χ0v) is 15.6. The Morgan fingerprint density at radius 2 is 2.29 bits per heavy atom. The van der Waals surface area contributed by atoms with Gasteiger partial charge >= 0.3 is 0 Å². The number of thiol groups is 1. The number of thioether (sulfide) groups is 2. The summed E-state index contributed by atoms with van der Waals surface area (Å²) in [5.74, 6) is 2.12. The molecule has 0 bridgehead atoms. The third-order valence-electron chi connectivity index (χ3n) is 1.40. The number of hydrogen-bond acceptors (Lipinski definition) is 9. The maximum atomic E-state index is 8.07. The minimum absolute atomic E-state index is 0. The predicted molar refractivity (Wildman–Crippen MR) is 101 cm³/mol. The van der Waals surface area contributed by atoms with Crippen molar-refractivity contribution in [2.45, 2.75) is 0 Å². The molecule has 0 saturated carbocycles. The number of nitriles is 2. The molecule has 0 spiro atoms. The summed E-state index contributed by atoms with van der Waals surface area (Å²) in [5, 5.41) is 20.1. The molecule has 1 heterocycles. The van der Waals surface area contributed by atoms with Crippen LogP contribution < -0.4 is 11.1 Å². The fourth-order valence-corrected chi connectivity index (χ4v) is 2.06. The topological polar surface area (TPSA) is 110 Å². The summed E-state index contributed by atoms with van der Waals surface area (Å²) < 4.78 is 0. The van der Waals surface area contributed by atoms with Crippen LogP contribution in [0.1, 0.15) is 0 Å². The van der Waals surface area contributed by atoms with Crippen LogP contribution in [-0.2, 0) is 0 Å². The van der Waals surface area contributed by atoms with Crippen LogP contribution in [0, 0.1) is 22.9 Å². The molecule has 0 saturated heterocycles. The Balaban J connectivity index is -0.000000239. The highest BCUT2D eigenvalue weighted by Gasteiger charge is 2.03. The van der Waals surface area contributed by atoms with Gasteiger partial charge in [-0.15, -0.1) is 35.8 Å². The lowest BCUT2D eigenvalue weighted by Crippen LogP contribution is -2.10. The number of alkyl halides is 1. The van der Waals surface area contributed by atoms with Gasteiger partial charge in [0.25, 0.3) is 0 Å². The second-order valence-electron chi connectivity index (χ2n) is 2.72. The maximum Gasteiger partial charge on any atom is 0.206 e. The first kappa shape index (κ1) is 25.7. The number of nitrogens with one attached hydrogen (secondary N) is 1. The fraction of sp³-hybridized carbons (Fsp3) is 0.600. The molecule has 1 aliphatic heterocycles. The Kier molecular flexibility index (Phi) is 26.9. The number of rotatable bonds is 2. The first-order valence-electron chi connectivity index (χ1n) is 5.38. The van der Waals surface area contributed by atoms with E-state index in [9.17, 15) is 0 Å². The molecule has 1 aliphatic rings. The Hall–Kier alpha value is -0.290. The summed E-state index contributed by atoms with van der Waals surface area (Å²) in [6.07, 6.45) is 5.36. The van der Waals surface area contributed by atoms with E-state index < -0.39 is 0 Å². The first-order valence-corrected chi connectivity index (χ1v) is 8.76. The molecule has 0 aromatic rings. The maximum absolute atomic E-state index is 8.07. The summed E-state index contributed by atoms with van der Waals surface area (Å²) in [6.45, 7) is 1.43. The summed E-state index contributed by atoms with van der Waals surface area (Å²) in [7, 11) is 0. The lowest BCUT2D eigenvalue weighted by Gasteiger charge is -1.88. The van der Waals surface area contributed by atoms with Crippen LogP contribution in [0.15, 0.2) is 9.98 Å². The van der Waals surface area contributed by atoms with Crippen molar-refractivity contribution >= 4 is 70.4 Å². The number of hydrogen-bond donors (Lipinski definition) is 3. The zero-order chi connectivity index (χ0) is 15.6. The highest BCUT2D eigenvalue weighted by molar-refractivity contribution is 8.14. The molecule has 0 atom stereocenters. The molecule has 120 valence electrons. The van der Waals surface area contributed by atoms with Crippen LogP contribution in [0.25, 0.3) is 0 Å². The van der Waals surface area contributed by atoms with Crippen molar-refractivity contribution < 1.29 is 0 Å². The van der Waals surface area contributed by atoms with Crippen molar-refractivity contribution in [3.63, 3.8) is 0 Å². The Bertz CT molecular complexity index is 370. The van der Waals surface area contributed by atoms with E-state index in [1.807, 2.05) is 12.4 Å². The van der Waals surface area contributed by atoms with Gasteiger partial charge in [-0.1, -0.05) is 11.8 Å². The summed E-state index contributed by atoms with van der Waals surface area (Å²) in [4.78, 5) is 7.44. The zero-order valence-electron chi connectivity index (χ0n) is 11.5. The van der Waals surface area contributed by atoms with Gasteiger partial charge in [-0.2, -0.15) is 28.1 Å². The van der Waals surface area contributed by atoms with E-state index in [0.29, 0.717) is 18.2 Å². The van der Waals surface area contributed by atoms with E-state index >= 15 is 0 Å². The van der Waals surface area contributed by atoms with Crippen LogP contribution in [0.4, 0.5) is 0 Å². The molecule has 0 aliphatic carbocycles. The molecule has 6 nitrogen and oxygen atoms in total. The molecular formula is C10H18Cl2N6S3. The van der Waals surface area contributed by atoms with Crippen LogP contribution in [0.5, 0.6) is 0 Å².